The van der Waals surface area contributed by atoms with Crippen LogP contribution in [0.15, 0.2) is 36.4 Å². The van der Waals surface area contributed by atoms with Crippen molar-refractivity contribution in [3.05, 3.63) is 58.7 Å². The zero-order valence-electron chi connectivity index (χ0n) is 17.6. The fraction of sp³-hybridized carbons (Fsp3) is 0.417. The first kappa shape index (κ1) is 20.3. The van der Waals surface area contributed by atoms with Crippen molar-refractivity contribution in [3.63, 3.8) is 0 Å². The molecule has 0 saturated carbocycles. The van der Waals surface area contributed by atoms with E-state index in [9.17, 15) is 9.59 Å². The minimum Gasteiger partial charge on any atom is -0.466 e. The molecule has 0 aliphatic carbocycles. The average molecular weight is 408 g/mol. The summed E-state index contributed by atoms with van der Waals surface area (Å²) >= 11 is 0. The Morgan fingerprint density at radius 3 is 1.90 bits per heavy atom. The normalized spacial score (nSPS) is 14.1. The molecular formula is C24H28N2O4. The van der Waals surface area contributed by atoms with Crippen molar-refractivity contribution >= 4 is 23.3 Å². The van der Waals surface area contributed by atoms with Crippen LogP contribution in [0.2, 0.25) is 0 Å². The Balaban J connectivity index is 1.44. The Bertz CT molecular complexity index is 956. The van der Waals surface area contributed by atoms with Gasteiger partial charge in [-0.05, 0) is 47.2 Å². The lowest BCUT2D eigenvalue weighted by molar-refractivity contribution is -0.141. The van der Waals surface area contributed by atoms with E-state index in [0.29, 0.717) is 13.2 Å². The van der Waals surface area contributed by atoms with Crippen LogP contribution in [-0.2, 0) is 45.0 Å². The molecule has 0 spiro atoms. The molecule has 2 aliphatic rings. The molecule has 0 amide bonds. The fourth-order valence-electron chi connectivity index (χ4n) is 4.30. The lowest BCUT2D eigenvalue weighted by Crippen LogP contribution is -2.46. The number of carbonyl (C=O) groups excluding carboxylic acids is 2. The van der Waals surface area contributed by atoms with Crippen molar-refractivity contribution in [2.45, 2.75) is 46.2 Å². The third kappa shape index (κ3) is 4.58. The van der Waals surface area contributed by atoms with Gasteiger partial charge in [-0.1, -0.05) is 24.3 Å². The highest BCUT2D eigenvalue weighted by Crippen LogP contribution is 2.38. The summed E-state index contributed by atoms with van der Waals surface area (Å²) in [4.78, 5) is 26.7. The summed E-state index contributed by atoms with van der Waals surface area (Å²) in [6, 6.07) is 13.3. The number of hydrogen-bond donors (Lipinski definition) is 0. The number of fused-ring (bicyclic) bond motifs is 6. The molecule has 2 aliphatic heterocycles. The van der Waals surface area contributed by atoms with Crippen LogP contribution in [0.1, 0.15) is 42.5 Å². The number of carbonyl (C=O) groups is 2. The second-order valence-electron chi connectivity index (χ2n) is 8.00. The van der Waals surface area contributed by atoms with Crippen LogP contribution in [0.4, 0.5) is 11.4 Å². The van der Waals surface area contributed by atoms with E-state index in [0.717, 1.165) is 39.0 Å². The van der Waals surface area contributed by atoms with Crippen molar-refractivity contribution in [1.82, 2.24) is 0 Å². The van der Waals surface area contributed by atoms with Gasteiger partial charge < -0.3 is 19.3 Å². The van der Waals surface area contributed by atoms with E-state index in [1.807, 2.05) is 0 Å². The third-order valence-electron chi connectivity index (χ3n) is 5.64. The van der Waals surface area contributed by atoms with Gasteiger partial charge in [0.15, 0.2) is 0 Å². The maximum atomic E-state index is 11.0. The van der Waals surface area contributed by atoms with E-state index >= 15 is 0 Å². The van der Waals surface area contributed by atoms with Gasteiger partial charge in [-0.2, -0.15) is 0 Å². The van der Waals surface area contributed by atoms with Crippen LogP contribution in [-0.4, -0.2) is 31.8 Å². The Hall–Kier alpha value is -3.02. The minimum atomic E-state index is -0.234. The van der Waals surface area contributed by atoms with Crippen molar-refractivity contribution < 1.29 is 19.1 Å². The number of esters is 2. The summed E-state index contributed by atoms with van der Waals surface area (Å²) in [6.45, 7) is 6.45. The summed E-state index contributed by atoms with van der Waals surface area (Å²) in [5.41, 5.74) is 7.72. The molecule has 0 unspecified atom stereocenters. The van der Waals surface area contributed by atoms with E-state index in [-0.39, 0.29) is 11.9 Å². The zero-order valence-corrected chi connectivity index (χ0v) is 17.6. The number of rotatable bonds is 7. The number of hydrogen-bond acceptors (Lipinski definition) is 6. The molecule has 0 aromatic heterocycles. The molecule has 0 atom stereocenters. The second-order valence-corrected chi connectivity index (χ2v) is 8.00. The van der Waals surface area contributed by atoms with Gasteiger partial charge in [0.2, 0.25) is 0 Å². The maximum absolute atomic E-state index is 11.0. The molecule has 4 rings (SSSR count). The molecule has 0 N–H and O–H groups in total. The van der Waals surface area contributed by atoms with Crippen LogP contribution < -0.4 is 9.80 Å². The lowest BCUT2D eigenvalue weighted by atomic mass is 9.97. The molecule has 2 aromatic rings. The van der Waals surface area contributed by atoms with Gasteiger partial charge in [0.05, 0.1) is 19.9 Å². The molecule has 2 bridgehead atoms. The highest BCUT2D eigenvalue weighted by molar-refractivity contribution is 5.68. The van der Waals surface area contributed by atoms with Crippen LogP contribution in [0.5, 0.6) is 0 Å². The number of anilines is 2. The monoisotopic (exact) mass is 408 g/mol. The van der Waals surface area contributed by atoms with E-state index in [1.54, 1.807) is 0 Å². The van der Waals surface area contributed by atoms with E-state index in [2.05, 4.69) is 46.2 Å². The van der Waals surface area contributed by atoms with E-state index in [1.165, 1.54) is 47.5 Å². The molecule has 0 fully saturated rings. The maximum Gasteiger partial charge on any atom is 0.302 e. The van der Waals surface area contributed by atoms with Gasteiger partial charge in [0, 0.05) is 44.7 Å². The highest BCUT2D eigenvalue weighted by atomic mass is 16.5. The smallest absolute Gasteiger partial charge is 0.302 e. The predicted octanol–water partition coefficient (Wildman–Crippen LogP) is 3.59. The summed E-state index contributed by atoms with van der Waals surface area (Å²) in [5, 5.41) is 0. The molecule has 30 heavy (non-hydrogen) atoms. The molecule has 0 radical (unpaired) electrons. The Kier molecular flexibility index (Phi) is 5.93. The fourth-order valence-corrected chi connectivity index (χ4v) is 4.30. The first-order chi connectivity index (χ1) is 14.5. The van der Waals surface area contributed by atoms with Gasteiger partial charge in [-0.15, -0.1) is 0 Å². The molecule has 0 saturated heterocycles. The molecular weight excluding hydrogens is 380 g/mol. The summed E-state index contributed by atoms with van der Waals surface area (Å²) in [5.74, 6) is -0.455. The van der Waals surface area contributed by atoms with Crippen LogP contribution in [0.3, 0.4) is 0 Å². The van der Waals surface area contributed by atoms with Crippen LogP contribution in [0.25, 0.3) is 0 Å². The second kappa shape index (κ2) is 8.78. The van der Waals surface area contributed by atoms with Gasteiger partial charge in [-0.25, -0.2) is 0 Å². The highest BCUT2D eigenvalue weighted by Gasteiger charge is 2.29. The van der Waals surface area contributed by atoms with Gasteiger partial charge >= 0.3 is 11.9 Å². The summed E-state index contributed by atoms with van der Waals surface area (Å²) in [6.07, 6.45) is 2.48. The molecule has 6 heteroatoms. The van der Waals surface area contributed by atoms with Crippen molar-refractivity contribution in [1.29, 1.82) is 0 Å². The predicted molar refractivity (Wildman–Crippen MR) is 115 cm³/mol. The summed E-state index contributed by atoms with van der Waals surface area (Å²) in [7, 11) is 0. The van der Waals surface area contributed by atoms with Crippen LogP contribution in [0, 0.1) is 0 Å². The van der Waals surface area contributed by atoms with Gasteiger partial charge in [0.25, 0.3) is 0 Å². The average Bonchev–Trinajstić information content (AvgIpc) is 2.70. The topological polar surface area (TPSA) is 59.1 Å². The number of ether oxygens (including phenoxy) is 2. The standard InChI is InChI=1S/C24H28N2O4/c1-17(27)29-10-3-4-19-5-7-23-21(12-19)14-25-16-26(23)15-22-13-20(6-8-24(22)25)9-11-30-18(2)28/h5-8,12-13H,3-4,9-11,14-16H2,1-2H3. The van der Waals surface area contributed by atoms with Crippen molar-refractivity contribution in [2.75, 3.05) is 29.7 Å². The number of benzene rings is 2. The summed E-state index contributed by atoms with van der Waals surface area (Å²) < 4.78 is 10.1. The van der Waals surface area contributed by atoms with Gasteiger partial charge in [0.1, 0.15) is 0 Å². The third-order valence-corrected chi connectivity index (χ3v) is 5.64. The van der Waals surface area contributed by atoms with Gasteiger partial charge in [-0.3, -0.25) is 9.59 Å². The SMILES string of the molecule is CC(=O)OCCCc1ccc2c(c1)CN1CN2Cc2cc(CCOC(C)=O)ccc21. The Labute approximate surface area is 177 Å². The largest absolute Gasteiger partial charge is 0.466 e. The number of nitrogens with zero attached hydrogens (tertiary/aromatic N) is 2. The van der Waals surface area contributed by atoms with Crippen molar-refractivity contribution in [2.24, 2.45) is 0 Å². The number of aryl methyl sites for hydroxylation is 1. The van der Waals surface area contributed by atoms with E-state index in [4.69, 9.17) is 9.47 Å². The zero-order chi connectivity index (χ0) is 21.1. The molecule has 6 nitrogen and oxygen atoms in total. The molecule has 158 valence electrons. The first-order valence-electron chi connectivity index (χ1n) is 10.5. The Morgan fingerprint density at radius 2 is 1.33 bits per heavy atom. The molecule has 2 heterocycles. The quantitative estimate of drug-likeness (QED) is 0.516. The lowest BCUT2D eigenvalue weighted by Gasteiger charge is -2.45. The first-order valence-corrected chi connectivity index (χ1v) is 10.5. The minimum absolute atomic E-state index is 0.220. The van der Waals surface area contributed by atoms with E-state index < -0.39 is 0 Å². The Morgan fingerprint density at radius 1 is 0.800 bits per heavy atom. The molecule has 2 aromatic carbocycles. The van der Waals surface area contributed by atoms with Crippen LogP contribution >= 0.6 is 0 Å². The van der Waals surface area contributed by atoms with Crippen molar-refractivity contribution in [3.8, 4) is 0 Å².